The average Bonchev–Trinajstić information content (AvgIpc) is 3.50. The maximum Gasteiger partial charge on any atom is 0.329 e. The predicted octanol–water partition coefficient (Wildman–Crippen LogP) is 0.854. The van der Waals surface area contributed by atoms with E-state index in [0.29, 0.717) is 23.7 Å². The van der Waals surface area contributed by atoms with Gasteiger partial charge in [0.1, 0.15) is 0 Å². The van der Waals surface area contributed by atoms with Crippen LogP contribution in [0.2, 0.25) is 0 Å². The lowest BCUT2D eigenvalue weighted by Gasteiger charge is -2.24. The summed E-state index contributed by atoms with van der Waals surface area (Å²) in [5.74, 6) is 0.0488. The van der Waals surface area contributed by atoms with Crippen molar-refractivity contribution >= 4 is 16.9 Å². The Hall–Kier alpha value is -2.48. The van der Waals surface area contributed by atoms with Crippen LogP contribution in [0.5, 0.6) is 0 Å². The highest BCUT2D eigenvalue weighted by Gasteiger charge is 2.29. The number of aromatic nitrogens is 3. The highest BCUT2D eigenvalue weighted by molar-refractivity contribution is 6.05. The summed E-state index contributed by atoms with van der Waals surface area (Å²) in [5.41, 5.74) is 0.428. The number of carbonyl (C=O) groups is 1. The molecule has 1 saturated carbocycles. The van der Waals surface area contributed by atoms with E-state index in [2.05, 4.69) is 20.6 Å². The molecule has 0 bridgehead atoms. The van der Waals surface area contributed by atoms with Crippen LogP contribution in [0.25, 0.3) is 11.0 Å². The first-order chi connectivity index (χ1) is 13.1. The molecule has 1 aliphatic heterocycles. The van der Waals surface area contributed by atoms with Crippen molar-refractivity contribution in [2.75, 3.05) is 13.1 Å². The van der Waals surface area contributed by atoms with Gasteiger partial charge in [-0.15, -0.1) is 0 Å². The van der Waals surface area contributed by atoms with Gasteiger partial charge in [0.05, 0.1) is 10.9 Å². The monoisotopic (exact) mass is 371 g/mol. The van der Waals surface area contributed by atoms with Crippen molar-refractivity contribution in [3.63, 3.8) is 0 Å². The van der Waals surface area contributed by atoms with Crippen LogP contribution >= 0.6 is 0 Å². The lowest BCUT2D eigenvalue weighted by atomic mass is 10.0. The molecule has 0 atom stereocenters. The van der Waals surface area contributed by atoms with E-state index in [0.717, 1.165) is 50.9 Å². The number of H-pyrrole nitrogens is 1. The minimum Gasteiger partial charge on any atom is -0.349 e. The third-order valence-corrected chi connectivity index (χ3v) is 5.33. The Kier molecular flexibility index (Phi) is 4.82. The smallest absolute Gasteiger partial charge is 0.329 e. The van der Waals surface area contributed by atoms with Gasteiger partial charge in [-0.25, -0.2) is 9.78 Å². The summed E-state index contributed by atoms with van der Waals surface area (Å²) in [7, 11) is 0. The lowest BCUT2D eigenvalue weighted by Crippen LogP contribution is -2.43. The van der Waals surface area contributed by atoms with Gasteiger partial charge in [0.15, 0.2) is 5.65 Å². The normalized spacial score (nSPS) is 18.0. The highest BCUT2D eigenvalue weighted by atomic mass is 16.2. The first kappa shape index (κ1) is 17.9. The minimum atomic E-state index is -0.548. The summed E-state index contributed by atoms with van der Waals surface area (Å²) in [6.45, 7) is 4.14. The van der Waals surface area contributed by atoms with Gasteiger partial charge in [-0.2, -0.15) is 0 Å². The van der Waals surface area contributed by atoms with E-state index in [-0.39, 0.29) is 17.3 Å². The molecule has 4 rings (SSSR count). The van der Waals surface area contributed by atoms with Crippen LogP contribution in [0.4, 0.5) is 0 Å². The number of fused-ring (bicyclic) bond motifs is 1. The highest BCUT2D eigenvalue weighted by Crippen LogP contribution is 2.39. The van der Waals surface area contributed by atoms with E-state index >= 15 is 0 Å². The Balaban J connectivity index is 1.85. The van der Waals surface area contributed by atoms with Gasteiger partial charge in [-0.1, -0.05) is 6.92 Å². The summed E-state index contributed by atoms with van der Waals surface area (Å²) in [6.07, 6.45) is 4.50. The minimum absolute atomic E-state index is 0.0898. The molecule has 0 spiro atoms. The molecular formula is C19H25N5O3. The summed E-state index contributed by atoms with van der Waals surface area (Å²) in [4.78, 5) is 44.9. The molecule has 1 amide bonds. The molecule has 8 nitrogen and oxygen atoms in total. The van der Waals surface area contributed by atoms with Crippen LogP contribution in [0, 0.1) is 0 Å². The van der Waals surface area contributed by atoms with Crippen LogP contribution < -0.4 is 21.9 Å². The maximum absolute atomic E-state index is 13.0. The molecule has 1 aliphatic carbocycles. The van der Waals surface area contributed by atoms with Crippen molar-refractivity contribution in [3.05, 3.63) is 38.2 Å². The van der Waals surface area contributed by atoms with E-state index < -0.39 is 11.2 Å². The van der Waals surface area contributed by atoms with Crippen LogP contribution in [-0.2, 0) is 6.54 Å². The van der Waals surface area contributed by atoms with E-state index in [1.165, 1.54) is 4.57 Å². The van der Waals surface area contributed by atoms with Crippen molar-refractivity contribution in [1.29, 1.82) is 0 Å². The third-order valence-electron chi connectivity index (χ3n) is 5.33. The zero-order chi connectivity index (χ0) is 19.0. The van der Waals surface area contributed by atoms with Crippen LogP contribution in [0.15, 0.2) is 15.7 Å². The molecule has 2 fully saturated rings. The zero-order valence-electron chi connectivity index (χ0n) is 15.5. The quantitative estimate of drug-likeness (QED) is 0.722. The first-order valence-electron chi connectivity index (χ1n) is 9.77. The van der Waals surface area contributed by atoms with Gasteiger partial charge in [0.2, 0.25) is 0 Å². The molecule has 3 N–H and O–H groups in total. The van der Waals surface area contributed by atoms with E-state index in [1.807, 2.05) is 6.92 Å². The van der Waals surface area contributed by atoms with Crippen molar-refractivity contribution in [2.24, 2.45) is 0 Å². The molecule has 2 aromatic rings. The molecular weight excluding hydrogens is 346 g/mol. The number of nitrogens with one attached hydrogen (secondary N) is 3. The number of aryl methyl sites for hydroxylation is 1. The molecule has 2 aliphatic rings. The number of amides is 1. The fourth-order valence-electron chi connectivity index (χ4n) is 3.72. The van der Waals surface area contributed by atoms with Gasteiger partial charge in [0, 0.05) is 24.2 Å². The van der Waals surface area contributed by atoms with Crippen molar-refractivity contribution in [3.8, 4) is 0 Å². The number of pyridine rings is 1. The molecule has 27 heavy (non-hydrogen) atoms. The Morgan fingerprint density at radius 2 is 2.00 bits per heavy atom. The second-order valence-electron chi connectivity index (χ2n) is 7.48. The van der Waals surface area contributed by atoms with Gasteiger partial charge >= 0.3 is 5.69 Å². The van der Waals surface area contributed by atoms with Crippen molar-refractivity contribution in [1.82, 2.24) is 25.2 Å². The zero-order valence-corrected chi connectivity index (χ0v) is 15.5. The van der Waals surface area contributed by atoms with Crippen LogP contribution in [0.1, 0.15) is 61.0 Å². The van der Waals surface area contributed by atoms with Gasteiger partial charge in [-0.05, 0) is 51.3 Å². The molecule has 8 heteroatoms. The molecule has 0 unspecified atom stereocenters. The number of nitrogens with zero attached hydrogens (tertiary/aromatic N) is 2. The Bertz CT molecular complexity index is 983. The van der Waals surface area contributed by atoms with E-state index in [9.17, 15) is 14.4 Å². The SMILES string of the molecule is CCCn1c(=O)[nH]c(=O)c2c(C(=O)NC3CCNCC3)cc(C3CC3)nc21. The van der Waals surface area contributed by atoms with Crippen molar-refractivity contribution < 1.29 is 4.79 Å². The largest absolute Gasteiger partial charge is 0.349 e. The third kappa shape index (κ3) is 3.53. The Labute approximate surface area is 156 Å². The molecule has 2 aromatic heterocycles. The molecule has 1 saturated heterocycles. The standard InChI is InChI=1S/C19H25N5O3/c1-2-9-24-16-15(18(26)23-19(24)27)13(10-14(22-16)11-3-4-11)17(25)21-12-5-7-20-8-6-12/h10-12,20H,2-9H2,1H3,(H,21,25)(H,23,26,27). The number of hydrogen-bond donors (Lipinski definition) is 3. The first-order valence-corrected chi connectivity index (χ1v) is 9.77. The van der Waals surface area contributed by atoms with E-state index in [1.54, 1.807) is 6.07 Å². The fourth-order valence-corrected chi connectivity index (χ4v) is 3.72. The van der Waals surface area contributed by atoms with Gasteiger partial charge < -0.3 is 10.6 Å². The molecule has 0 radical (unpaired) electrons. The summed E-state index contributed by atoms with van der Waals surface area (Å²) >= 11 is 0. The molecule has 0 aromatic carbocycles. The average molecular weight is 371 g/mol. The van der Waals surface area contributed by atoms with Gasteiger partial charge in [-0.3, -0.25) is 19.1 Å². The predicted molar refractivity (Wildman–Crippen MR) is 102 cm³/mol. The van der Waals surface area contributed by atoms with Crippen molar-refractivity contribution in [2.45, 2.75) is 57.5 Å². The molecule has 144 valence electrons. The topological polar surface area (TPSA) is 109 Å². The second kappa shape index (κ2) is 7.26. The fraction of sp³-hybridized carbons (Fsp3) is 0.579. The number of rotatable bonds is 5. The van der Waals surface area contributed by atoms with Crippen LogP contribution in [0.3, 0.4) is 0 Å². The number of carbonyl (C=O) groups excluding carboxylic acids is 1. The lowest BCUT2D eigenvalue weighted by molar-refractivity contribution is 0.0931. The summed E-state index contributed by atoms with van der Waals surface area (Å²) in [5, 5.41) is 6.54. The maximum atomic E-state index is 13.0. The van der Waals surface area contributed by atoms with E-state index in [4.69, 9.17) is 0 Å². The number of hydrogen-bond acceptors (Lipinski definition) is 5. The van der Waals surface area contributed by atoms with Gasteiger partial charge in [0.25, 0.3) is 11.5 Å². The van der Waals surface area contributed by atoms with Crippen LogP contribution in [-0.4, -0.2) is 39.6 Å². The number of piperidine rings is 1. The number of aromatic amines is 1. The second-order valence-corrected chi connectivity index (χ2v) is 7.48. The molecule has 3 heterocycles. The Morgan fingerprint density at radius 1 is 1.26 bits per heavy atom. The Morgan fingerprint density at radius 3 is 2.67 bits per heavy atom. The summed E-state index contributed by atoms with van der Waals surface area (Å²) in [6, 6.07) is 1.83. The summed E-state index contributed by atoms with van der Waals surface area (Å²) < 4.78 is 1.48.